The lowest BCUT2D eigenvalue weighted by molar-refractivity contribution is -0.142. The number of hydrogen-bond acceptors (Lipinski definition) is 5. The van der Waals surface area contributed by atoms with Crippen molar-refractivity contribution in [3.63, 3.8) is 0 Å². The minimum Gasteiger partial charge on any atom is -0.396 e. The lowest BCUT2D eigenvalue weighted by Gasteiger charge is -2.33. The molecule has 2 fully saturated rings. The third kappa shape index (κ3) is 5.21. The Balaban J connectivity index is 1.74. The molecule has 1 amide bonds. The van der Waals surface area contributed by atoms with E-state index in [9.17, 15) is 14.7 Å². The van der Waals surface area contributed by atoms with Crippen LogP contribution in [0.4, 0.5) is 4.79 Å². The van der Waals surface area contributed by atoms with E-state index in [4.69, 9.17) is 16.3 Å². The van der Waals surface area contributed by atoms with Gasteiger partial charge in [-0.1, -0.05) is 23.7 Å². The molecule has 0 aromatic heterocycles. The molecule has 1 aromatic rings. The van der Waals surface area contributed by atoms with Gasteiger partial charge in [-0.3, -0.25) is 4.79 Å². The van der Waals surface area contributed by atoms with Crippen LogP contribution < -0.4 is 5.32 Å². The maximum Gasteiger partial charge on any atom is 0.417 e. The Hall–Kier alpha value is -1.63. The number of benzene rings is 1. The van der Waals surface area contributed by atoms with E-state index in [1.54, 1.807) is 17.0 Å². The molecular weight excluding hydrogens is 368 g/mol. The molecule has 0 radical (unpaired) electrons. The first-order valence-corrected chi connectivity index (χ1v) is 10.0. The van der Waals surface area contributed by atoms with Crippen LogP contribution in [-0.2, 0) is 9.53 Å². The van der Waals surface area contributed by atoms with Crippen LogP contribution in [-0.4, -0.2) is 54.9 Å². The van der Waals surface area contributed by atoms with Crippen LogP contribution in [0.25, 0.3) is 0 Å². The van der Waals surface area contributed by atoms with E-state index < -0.39 is 18.0 Å². The van der Waals surface area contributed by atoms with Crippen LogP contribution >= 0.6 is 11.6 Å². The molecule has 1 saturated carbocycles. The van der Waals surface area contributed by atoms with Gasteiger partial charge in [0.2, 0.25) is 0 Å². The number of aliphatic hydroxyl groups is 1. The van der Waals surface area contributed by atoms with E-state index in [0.717, 1.165) is 31.2 Å². The summed E-state index contributed by atoms with van der Waals surface area (Å²) in [5.41, 5.74) is 0.785. The zero-order valence-corrected chi connectivity index (χ0v) is 16.2. The lowest BCUT2D eigenvalue weighted by atomic mass is 9.73. The fourth-order valence-electron chi connectivity index (χ4n) is 4.07. The molecule has 2 N–H and O–H groups in total. The molecule has 1 unspecified atom stereocenters. The quantitative estimate of drug-likeness (QED) is 0.606. The van der Waals surface area contributed by atoms with Gasteiger partial charge in [0.15, 0.2) is 0 Å². The molecule has 148 valence electrons. The first kappa shape index (κ1) is 20.1. The Kier molecular flexibility index (Phi) is 7.10. The summed E-state index contributed by atoms with van der Waals surface area (Å²) < 4.78 is 5.28. The Morgan fingerprint density at radius 1 is 1.22 bits per heavy atom. The van der Waals surface area contributed by atoms with Crippen molar-refractivity contribution in [1.82, 2.24) is 10.2 Å². The minimum atomic E-state index is -0.572. The topological polar surface area (TPSA) is 78.9 Å². The van der Waals surface area contributed by atoms with Crippen molar-refractivity contribution in [2.24, 2.45) is 11.8 Å². The Bertz CT molecular complexity index is 655. The Morgan fingerprint density at radius 2 is 1.93 bits per heavy atom. The van der Waals surface area contributed by atoms with E-state index in [1.807, 2.05) is 12.1 Å². The average molecular weight is 395 g/mol. The van der Waals surface area contributed by atoms with Gasteiger partial charge in [-0.25, -0.2) is 4.79 Å². The molecule has 1 aliphatic carbocycles. The minimum absolute atomic E-state index is 0.0783. The second-order valence-electron chi connectivity index (χ2n) is 7.42. The summed E-state index contributed by atoms with van der Waals surface area (Å²) in [5, 5.41) is 13.1. The van der Waals surface area contributed by atoms with Crippen molar-refractivity contribution < 1.29 is 19.4 Å². The summed E-state index contributed by atoms with van der Waals surface area (Å²) in [5.74, 6) is -0.655. The first-order valence-electron chi connectivity index (χ1n) is 9.66. The predicted octanol–water partition coefficient (Wildman–Crippen LogP) is 2.79. The van der Waals surface area contributed by atoms with Gasteiger partial charge in [0.25, 0.3) is 0 Å². The number of nitrogens with zero attached hydrogens (tertiary/aromatic N) is 1. The summed E-state index contributed by atoms with van der Waals surface area (Å²) in [6.07, 6.45) is 2.81. The highest BCUT2D eigenvalue weighted by Gasteiger charge is 2.36. The van der Waals surface area contributed by atoms with Crippen molar-refractivity contribution in [2.45, 2.75) is 31.6 Å². The highest BCUT2D eigenvalue weighted by molar-refractivity contribution is 6.30. The normalized spacial score (nSPS) is 24.3. The molecule has 6 nitrogen and oxygen atoms in total. The SMILES string of the molecule is O=C(OC(=O)N1CCNCC1)C(c1cccc(Cl)c1)C1CCC(CO)CC1. The maximum atomic E-state index is 13.0. The highest BCUT2D eigenvalue weighted by Crippen LogP contribution is 2.39. The molecule has 27 heavy (non-hydrogen) atoms. The first-order chi connectivity index (χ1) is 13.1. The van der Waals surface area contributed by atoms with Crippen LogP contribution in [0.1, 0.15) is 37.2 Å². The Labute approximate surface area is 164 Å². The summed E-state index contributed by atoms with van der Waals surface area (Å²) >= 11 is 6.14. The van der Waals surface area contributed by atoms with Crippen molar-refractivity contribution in [1.29, 1.82) is 0 Å². The van der Waals surface area contributed by atoms with Gasteiger partial charge in [-0.15, -0.1) is 0 Å². The van der Waals surface area contributed by atoms with Crippen molar-refractivity contribution in [3.05, 3.63) is 34.9 Å². The average Bonchev–Trinajstić information content (AvgIpc) is 2.69. The van der Waals surface area contributed by atoms with Gasteiger partial charge in [-0.05, 0) is 55.2 Å². The maximum absolute atomic E-state index is 13.0. The van der Waals surface area contributed by atoms with E-state index in [0.29, 0.717) is 37.1 Å². The van der Waals surface area contributed by atoms with E-state index in [-0.39, 0.29) is 12.5 Å². The van der Waals surface area contributed by atoms with E-state index in [1.165, 1.54) is 0 Å². The van der Waals surface area contributed by atoms with Gasteiger partial charge in [0.05, 0.1) is 5.92 Å². The van der Waals surface area contributed by atoms with Crippen molar-refractivity contribution >= 4 is 23.7 Å². The monoisotopic (exact) mass is 394 g/mol. The zero-order valence-electron chi connectivity index (χ0n) is 15.4. The molecule has 7 heteroatoms. The van der Waals surface area contributed by atoms with Gasteiger partial charge in [0.1, 0.15) is 0 Å². The lowest BCUT2D eigenvalue weighted by Crippen LogP contribution is -2.47. The molecule has 1 atom stereocenters. The predicted molar refractivity (Wildman–Crippen MR) is 103 cm³/mol. The summed E-state index contributed by atoms with van der Waals surface area (Å²) in [7, 11) is 0. The summed E-state index contributed by atoms with van der Waals surface area (Å²) in [4.78, 5) is 26.9. The summed E-state index contributed by atoms with van der Waals surface area (Å²) in [6.45, 7) is 2.66. The largest absolute Gasteiger partial charge is 0.417 e. The number of rotatable bonds is 4. The number of aliphatic hydroxyl groups excluding tert-OH is 1. The second kappa shape index (κ2) is 9.53. The molecule has 1 aromatic carbocycles. The van der Waals surface area contributed by atoms with E-state index >= 15 is 0 Å². The van der Waals surface area contributed by atoms with E-state index in [2.05, 4.69) is 5.32 Å². The van der Waals surface area contributed by atoms with Crippen molar-refractivity contribution in [3.8, 4) is 0 Å². The number of piperazine rings is 1. The fourth-order valence-corrected chi connectivity index (χ4v) is 4.27. The van der Waals surface area contributed by atoms with Gasteiger partial charge >= 0.3 is 12.1 Å². The third-order valence-corrected chi connectivity index (χ3v) is 5.88. The van der Waals surface area contributed by atoms with Crippen LogP contribution in [0.5, 0.6) is 0 Å². The van der Waals surface area contributed by atoms with Crippen LogP contribution in [0.3, 0.4) is 0 Å². The van der Waals surface area contributed by atoms with Gasteiger partial charge in [-0.2, -0.15) is 0 Å². The molecule has 1 aliphatic heterocycles. The number of carbonyl (C=O) groups excluding carboxylic acids is 2. The zero-order chi connectivity index (χ0) is 19.2. The molecule has 0 bridgehead atoms. The van der Waals surface area contributed by atoms with Crippen LogP contribution in [0.15, 0.2) is 24.3 Å². The fraction of sp³-hybridized carbons (Fsp3) is 0.600. The number of nitrogens with one attached hydrogen (secondary N) is 1. The van der Waals surface area contributed by atoms with Gasteiger partial charge < -0.3 is 20.1 Å². The molecular formula is C20H27ClN2O4. The highest BCUT2D eigenvalue weighted by atomic mass is 35.5. The van der Waals surface area contributed by atoms with Crippen molar-refractivity contribution in [2.75, 3.05) is 32.8 Å². The van der Waals surface area contributed by atoms with Crippen LogP contribution in [0, 0.1) is 11.8 Å². The van der Waals surface area contributed by atoms with Crippen LogP contribution in [0.2, 0.25) is 5.02 Å². The molecule has 1 saturated heterocycles. The number of ether oxygens (including phenoxy) is 1. The Morgan fingerprint density at radius 3 is 2.56 bits per heavy atom. The molecule has 1 heterocycles. The molecule has 0 spiro atoms. The standard InChI is InChI=1S/C20H27ClN2O4/c21-17-3-1-2-16(12-17)18(15-6-4-14(13-24)5-7-15)19(25)27-20(26)23-10-8-22-9-11-23/h1-3,12,14-15,18,22,24H,4-11,13H2. The number of hydrogen-bond donors (Lipinski definition) is 2. The number of halogens is 1. The number of esters is 1. The molecule has 3 rings (SSSR count). The smallest absolute Gasteiger partial charge is 0.396 e. The summed E-state index contributed by atoms with van der Waals surface area (Å²) in [6, 6.07) is 7.23. The van der Waals surface area contributed by atoms with Gasteiger partial charge in [0, 0.05) is 37.8 Å². The number of amides is 1. The number of carbonyl (C=O) groups is 2. The third-order valence-electron chi connectivity index (χ3n) is 5.65. The second-order valence-corrected chi connectivity index (χ2v) is 7.86. The molecule has 2 aliphatic rings.